The summed E-state index contributed by atoms with van der Waals surface area (Å²) in [5.74, 6) is -0.196. The number of ether oxygens (including phenoxy) is 2. The second-order valence-corrected chi connectivity index (χ2v) is 13.6. The Morgan fingerprint density at radius 2 is 1.70 bits per heavy atom. The van der Waals surface area contributed by atoms with E-state index in [1.165, 1.54) is 43.4 Å². The van der Waals surface area contributed by atoms with Crippen LogP contribution in [0.25, 0.3) is 17.3 Å². The van der Waals surface area contributed by atoms with Gasteiger partial charge in [-0.25, -0.2) is 4.98 Å². The lowest BCUT2D eigenvalue weighted by Crippen LogP contribution is -2.30. The molecule has 1 heterocycles. The Morgan fingerprint density at radius 3 is 2.42 bits per heavy atom. The molecule has 256 valence electrons. The zero-order chi connectivity index (χ0) is 35.6. The molecule has 50 heavy (non-hydrogen) atoms. The average Bonchev–Trinajstić information content (AvgIpc) is 3.60. The summed E-state index contributed by atoms with van der Waals surface area (Å²) < 4.78 is 10.8. The highest BCUT2D eigenvalue weighted by molar-refractivity contribution is 8.00. The van der Waals surface area contributed by atoms with E-state index in [9.17, 15) is 14.4 Å². The van der Waals surface area contributed by atoms with E-state index in [4.69, 9.17) is 32.7 Å². The first-order chi connectivity index (χ1) is 24.2. The third-order valence-corrected chi connectivity index (χ3v) is 10.1. The number of methoxy groups -OCH3 is 2. The quantitative estimate of drug-likeness (QED) is 0.0813. The van der Waals surface area contributed by atoms with Crippen molar-refractivity contribution in [1.29, 1.82) is 0 Å². The standard InChI is InChI=1S/C37H32Cl2N4O5S2/c1-4-33(36(46)43-37-42-31(21-49-37)23-13-15-28(38)29(39)18-23)50-27-12-8-11-25(20-27)40-35(45)30(41-34(44)22-9-6-5-7-10-22)19-24-17-26(47-2)14-16-32(24)48-3/h5-21,33H,4H2,1-3H3,(H,40,45)(H,41,44)(H,42,43,46)/b30-19+. The van der Waals surface area contributed by atoms with Crippen LogP contribution >= 0.6 is 46.3 Å². The summed E-state index contributed by atoms with van der Waals surface area (Å²) in [6.07, 6.45) is 2.07. The fourth-order valence-corrected chi connectivity index (χ4v) is 6.72. The number of thiazole rings is 1. The molecule has 5 rings (SSSR count). The highest BCUT2D eigenvalue weighted by Crippen LogP contribution is 2.33. The van der Waals surface area contributed by atoms with E-state index >= 15 is 0 Å². The van der Waals surface area contributed by atoms with Gasteiger partial charge in [-0.3, -0.25) is 14.4 Å². The van der Waals surface area contributed by atoms with Gasteiger partial charge in [0.1, 0.15) is 17.2 Å². The minimum atomic E-state index is -0.562. The van der Waals surface area contributed by atoms with Gasteiger partial charge < -0.3 is 25.4 Å². The second kappa shape index (κ2) is 17.2. The Kier molecular flexibility index (Phi) is 12.6. The molecule has 0 aliphatic rings. The number of nitrogens with zero attached hydrogens (tertiary/aromatic N) is 1. The maximum Gasteiger partial charge on any atom is 0.272 e. The molecule has 1 atom stereocenters. The SMILES string of the molecule is CCC(Sc1cccc(NC(=O)/C(=C\c2cc(OC)ccc2OC)NC(=O)c2ccccc2)c1)C(=O)Nc1nc(-c2ccc(Cl)c(Cl)c2)cs1. The molecule has 4 aromatic carbocycles. The molecular formula is C37H32Cl2N4O5S2. The van der Waals surface area contributed by atoms with Crippen LogP contribution in [-0.2, 0) is 9.59 Å². The highest BCUT2D eigenvalue weighted by Gasteiger charge is 2.21. The van der Waals surface area contributed by atoms with E-state index in [1.807, 2.05) is 24.4 Å². The van der Waals surface area contributed by atoms with Crippen molar-refractivity contribution in [3.05, 3.63) is 123 Å². The number of anilines is 2. The van der Waals surface area contributed by atoms with Crippen LogP contribution in [0.3, 0.4) is 0 Å². The van der Waals surface area contributed by atoms with E-state index in [2.05, 4.69) is 20.9 Å². The van der Waals surface area contributed by atoms with Gasteiger partial charge in [0, 0.05) is 32.7 Å². The first kappa shape index (κ1) is 36.5. The maximum absolute atomic E-state index is 13.7. The summed E-state index contributed by atoms with van der Waals surface area (Å²) >= 11 is 14.9. The van der Waals surface area contributed by atoms with Gasteiger partial charge in [-0.15, -0.1) is 23.1 Å². The lowest BCUT2D eigenvalue weighted by molar-refractivity contribution is -0.116. The third kappa shape index (κ3) is 9.45. The molecule has 13 heteroatoms. The van der Waals surface area contributed by atoms with E-state index in [0.29, 0.717) is 55.6 Å². The molecule has 0 radical (unpaired) electrons. The number of benzene rings is 4. The molecule has 5 aromatic rings. The van der Waals surface area contributed by atoms with Crippen LogP contribution in [0.1, 0.15) is 29.3 Å². The number of rotatable bonds is 13. The van der Waals surface area contributed by atoms with Crippen molar-refractivity contribution in [3.8, 4) is 22.8 Å². The predicted octanol–water partition coefficient (Wildman–Crippen LogP) is 9.05. The molecule has 0 spiro atoms. The van der Waals surface area contributed by atoms with Crippen molar-refractivity contribution in [3.63, 3.8) is 0 Å². The number of halogens is 2. The summed E-state index contributed by atoms with van der Waals surface area (Å²) in [4.78, 5) is 45.5. The number of hydrogen-bond acceptors (Lipinski definition) is 8. The molecule has 3 N–H and O–H groups in total. The molecule has 0 aliphatic carbocycles. The molecule has 0 saturated heterocycles. The minimum Gasteiger partial charge on any atom is -0.497 e. The van der Waals surface area contributed by atoms with Crippen LogP contribution in [0.15, 0.2) is 107 Å². The summed E-state index contributed by atoms with van der Waals surface area (Å²) in [6, 6.07) is 26.1. The number of aromatic nitrogens is 1. The second-order valence-electron chi connectivity index (χ2n) is 10.6. The molecule has 0 saturated carbocycles. The number of hydrogen-bond donors (Lipinski definition) is 3. The van der Waals surface area contributed by atoms with Gasteiger partial charge in [0.05, 0.1) is 35.2 Å². The largest absolute Gasteiger partial charge is 0.497 e. The first-order valence-electron chi connectivity index (χ1n) is 15.3. The maximum atomic E-state index is 13.7. The summed E-state index contributed by atoms with van der Waals surface area (Å²) in [6.45, 7) is 1.92. The first-order valence-corrected chi connectivity index (χ1v) is 17.8. The molecule has 1 aromatic heterocycles. The van der Waals surface area contributed by atoms with Gasteiger partial charge in [-0.2, -0.15) is 0 Å². The van der Waals surface area contributed by atoms with Gasteiger partial charge in [0.2, 0.25) is 5.91 Å². The number of nitrogens with one attached hydrogen (secondary N) is 3. The van der Waals surface area contributed by atoms with Crippen molar-refractivity contribution in [2.45, 2.75) is 23.5 Å². The molecule has 0 aliphatic heterocycles. The Balaban J connectivity index is 1.31. The highest BCUT2D eigenvalue weighted by atomic mass is 35.5. The van der Waals surface area contributed by atoms with Crippen LogP contribution in [0, 0.1) is 0 Å². The van der Waals surface area contributed by atoms with E-state index in [-0.39, 0.29) is 11.6 Å². The Morgan fingerprint density at radius 1 is 0.900 bits per heavy atom. The number of amides is 3. The Bertz CT molecular complexity index is 2040. The lowest BCUT2D eigenvalue weighted by Gasteiger charge is -2.15. The summed E-state index contributed by atoms with van der Waals surface area (Å²) in [5, 5.41) is 11.3. The fourth-order valence-electron chi connectivity index (χ4n) is 4.69. The van der Waals surface area contributed by atoms with Crippen molar-refractivity contribution in [2.24, 2.45) is 0 Å². The molecule has 1 unspecified atom stereocenters. The van der Waals surface area contributed by atoms with Crippen molar-refractivity contribution >= 4 is 80.9 Å². The molecule has 9 nitrogen and oxygen atoms in total. The molecule has 0 bridgehead atoms. The third-order valence-electron chi connectivity index (χ3n) is 7.25. The fraction of sp³-hybridized carbons (Fsp3) is 0.135. The number of carbonyl (C=O) groups is 3. The number of thioether (sulfide) groups is 1. The van der Waals surface area contributed by atoms with Crippen LogP contribution < -0.4 is 25.4 Å². The number of carbonyl (C=O) groups excluding carboxylic acids is 3. The van der Waals surface area contributed by atoms with Gasteiger partial charge in [-0.05, 0) is 73.2 Å². The average molecular weight is 748 g/mol. The predicted molar refractivity (Wildman–Crippen MR) is 203 cm³/mol. The van der Waals surface area contributed by atoms with E-state index in [1.54, 1.807) is 78.9 Å². The molecular weight excluding hydrogens is 715 g/mol. The normalized spacial score (nSPS) is 11.7. The molecule has 3 amide bonds. The van der Waals surface area contributed by atoms with Crippen molar-refractivity contribution in [1.82, 2.24) is 10.3 Å². The van der Waals surface area contributed by atoms with Crippen molar-refractivity contribution < 1.29 is 23.9 Å². The molecule has 0 fully saturated rings. The van der Waals surface area contributed by atoms with Crippen LogP contribution in [0.2, 0.25) is 10.0 Å². The Hall–Kier alpha value is -4.81. The monoisotopic (exact) mass is 746 g/mol. The van der Waals surface area contributed by atoms with Crippen LogP contribution in [0.4, 0.5) is 10.8 Å². The van der Waals surface area contributed by atoms with Gasteiger partial charge in [-0.1, -0.05) is 60.5 Å². The van der Waals surface area contributed by atoms with Gasteiger partial charge in [0.25, 0.3) is 11.8 Å². The minimum absolute atomic E-state index is 0.0158. The summed E-state index contributed by atoms with van der Waals surface area (Å²) in [5.41, 5.74) is 2.82. The van der Waals surface area contributed by atoms with E-state index in [0.717, 1.165) is 10.5 Å². The zero-order valence-corrected chi connectivity index (χ0v) is 30.3. The van der Waals surface area contributed by atoms with Crippen molar-refractivity contribution in [2.75, 3.05) is 24.9 Å². The van der Waals surface area contributed by atoms with Gasteiger partial charge >= 0.3 is 0 Å². The smallest absolute Gasteiger partial charge is 0.272 e. The Labute approximate surface area is 308 Å². The lowest BCUT2D eigenvalue weighted by atomic mass is 10.1. The zero-order valence-electron chi connectivity index (χ0n) is 27.2. The van der Waals surface area contributed by atoms with Gasteiger partial charge in [0.15, 0.2) is 5.13 Å². The topological polar surface area (TPSA) is 119 Å². The summed E-state index contributed by atoms with van der Waals surface area (Å²) in [7, 11) is 3.05. The van der Waals surface area contributed by atoms with Crippen LogP contribution in [-0.4, -0.2) is 42.2 Å². The van der Waals surface area contributed by atoms with Crippen LogP contribution in [0.5, 0.6) is 11.5 Å². The van der Waals surface area contributed by atoms with E-state index < -0.39 is 17.1 Å².